The largest absolute Gasteiger partial charge is 0.493 e. The third-order valence-electron chi connectivity index (χ3n) is 7.02. The Balaban J connectivity index is 1.59. The first-order valence-electron chi connectivity index (χ1n) is 12.9. The molecule has 0 bridgehead atoms. The maximum absolute atomic E-state index is 13.6. The number of nitrogens with one attached hydrogen (secondary N) is 2. The number of H-pyrrole nitrogens is 1. The van der Waals surface area contributed by atoms with Crippen molar-refractivity contribution < 1.29 is 14.3 Å². The molecule has 198 valence electrons. The maximum atomic E-state index is 13.6. The van der Waals surface area contributed by atoms with E-state index < -0.39 is 5.92 Å². The van der Waals surface area contributed by atoms with Crippen molar-refractivity contribution in [2.45, 2.75) is 57.4 Å². The van der Waals surface area contributed by atoms with Crippen LogP contribution in [0.15, 0.2) is 63.7 Å². The van der Waals surface area contributed by atoms with Crippen LogP contribution in [0.3, 0.4) is 0 Å². The molecule has 1 aromatic heterocycles. The van der Waals surface area contributed by atoms with Gasteiger partial charge >= 0.3 is 0 Å². The minimum absolute atomic E-state index is 0.0458. The van der Waals surface area contributed by atoms with Gasteiger partial charge in [0.2, 0.25) is 0 Å². The SMILES string of the molecule is CCOc1ccc(C2C3=C(CC(C)(C)CC3=O)Nc3nc(SCc4ccc(C)cc4)[nH]c(=O)c32)cc1OC. The van der Waals surface area contributed by atoms with Gasteiger partial charge in [-0.2, -0.15) is 0 Å². The number of rotatable bonds is 7. The van der Waals surface area contributed by atoms with Crippen LogP contribution in [0.2, 0.25) is 0 Å². The van der Waals surface area contributed by atoms with E-state index in [0.29, 0.717) is 58.8 Å². The number of hydrogen-bond acceptors (Lipinski definition) is 7. The monoisotopic (exact) mass is 531 g/mol. The van der Waals surface area contributed by atoms with E-state index in [2.05, 4.69) is 55.3 Å². The molecule has 0 saturated heterocycles. The van der Waals surface area contributed by atoms with Crippen molar-refractivity contribution in [2.24, 2.45) is 5.41 Å². The number of carbonyl (C=O) groups is 1. The third-order valence-corrected chi connectivity index (χ3v) is 7.96. The zero-order valence-electron chi connectivity index (χ0n) is 22.4. The van der Waals surface area contributed by atoms with Crippen LogP contribution >= 0.6 is 11.8 Å². The Kier molecular flexibility index (Phi) is 7.09. The van der Waals surface area contributed by atoms with Crippen molar-refractivity contribution in [3.05, 3.63) is 86.3 Å². The summed E-state index contributed by atoms with van der Waals surface area (Å²) < 4.78 is 11.3. The molecule has 1 aliphatic carbocycles. The van der Waals surface area contributed by atoms with Crippen LogP contribution in [0.1, 0.15) is 61.8 Å². The summed E-state index contributed by atoms with van der Waals surface area (Å²) in [6.45, 7) is 8.66. The fraction of sp³-hybridized carbons (Fsp3) is 0.367. The fourth-order valence-electron chi connectivity index (χ4n) is 5.27. The second-order valence-electron chi connectivity index (χ2n) is 10.6. The third kappa shape index (κ3) is 5.10. The smallest absolute Gasteiger partial charge is 0.257 e. The zero-order valence-corrected chi connectivity index (χ0v) is 23.3. The van der Waals surface area contributed by atoms with Gasteiger partial charge in [0.1, 0.15) is 5.82 Å². The van der Waals surface area contributed by atoms with Gasteiger partial charge in [-0.15, -0.1) is 0 Å². The van der Waals surface area contributed by atoms with Crippen molar-refractivity contribution in [2.75, 3.05) is 19.0 Å². The van der Waals surface area contributed by atoms with Crippen molar-refractivity contribution in [1.29, 1.82) is 0 Å². The zero-order chi connectivity index (χ0) is 27.0. The first kappa shape index (κ1) is 26.1. The number of fused-ring (bicyclic) bond motifs is 1. The number of aromatic amines is 1. The molecule has 0 spiro atoms. The quantitative estimate of drug-likeness (QED) is 0.286. The molecule has 1 unspecified atom stereocenters. The summed E-state index contributed by atoms with van der Waals surface area (Å²) in [7, 11) is 1.59. The number of methoxy groups -OCH3 is 1. The summed E-state index contributed by atoms with van der Waals surface area (Å²) in [6, 6.07) is 13.9. The Morgan fingerprint density at radius 2 is 1.84 bits per heavy atom. The van der Waals surface area contributed by atoms with Crippen LogP contribution in [0.4, 0.5) is 5.82 Å². The first-order valence-corrected chi connectivity index (χ1v) is 13.8. The molecule has 0 amide bonds. The van der Waals surface area contributed by atoms with Gasteiger partial charge in [-0.25, -0.2) is 4.98 Å². The van der Waals surface area contributed by atoms with E-state index in [9.17, 15) is 9.59 Å². The van der Waals surface area contributed by atoms with Crippen molar-refractivity contribution in [1.82, 2.24) is 9.97 Å². The number of hydrogen-bond donors (Lipinski definition) is 2. The predicted molar refractivity (Wildman–Crippen MR) is 150 cm³/mol. The standard InChI is InChI=1S/C30H33N3O4S/c1-6-37-22-12-11-19(13-23(22)36-5)24-25-20(14-30(3,4)15-21(25)34)31-27-26(24)28(35)33-29(32-27)38-16-18-9-7-17(2)8-10-18/h7-13,24H,6,14-16H2,1-5H3,(H2,31,32,33,35). The molecule has 8 heteroatoms. The highest BCUT2D eigenvalue weighted by atomic mass is 32.2. The summed E-state index contributed by atoms with van der Waals surface area (Å²) >= 11 is 1.48. The van der Waals surface area contributed by atoms with E-state index in [4.69, 9.17) is 14.5 Å². The molecule has 2 N–H and O–H groups in total. The lowest BCUT2D eigenvalue weighted by atomic mass is 9.69. The summed E-state index contributed by atoms with van der Waals surface area (Å²) in [4.78, 5) is 35.0. The molecule has 2 aliphatic rings. The number of carbonyl (C=O) groups excluding carboxylic acids is 1. The van der Waals surface area contributed by atoms with E-state index in [-0.39, 0.29) is 16.8 Å². The number of anilines is 1. The van der Waals surface area contributed by atoms with Gasteiger partial charge in [0.25, 0.3) is 5.56 Å². The predicted octanol–water partition coefficient (Wildman–Crippen LogP) is 5.98. The second-order valence-corrected chi connectivity index (χ2v) is 11.6. The summed E-state index contributed by atoms with van der Waals surface area (Å²) in [5, 5.41) is 3.93. The van der Waals surface area contributed by atoms with Gasteiger partial charge in [0, 0.05) is 29.4 Å². The molecule has 3 aromatic rings. The minimum atomic E-state index is -0.554. The highest BCUT2D eigenvalue weighted by molar-refractivity contribution is 7.98. The van der Waals surface area contributed by atoms with E-state index in [1.165, 1.54) is 17.3 Å². The summed E-state index contributed by atoms with van der Waals surface area (Å²) in [5.41, 5.74) is 4.62. The van der Waals surface area contributed by atoms with E-state index in [1.807, 2.05) is 25.1 Å². The van der Waals surface area contributed by atoms with Crippen molar-refractivity contribution in [3.63, 3.8) is 0 Å². The number of aromatic nitrogens is 2. The number of ketones is 1. The highest BCUT2D eigenvalue weighted by Gasteiger charge is 2.42. The van der Waals surface area contributed by atoms with Crippen LogP contribution in [-0.4, -0.2) is 29.5 Å². The highest BCUT2D eigenvalue weighted by Crippen LogP contribution is 2.48. The molecule has 7 nitrogen and oxygen atoms in total. The number of thioether (sulfide) groups is 1. The van der Waals surface area contributed by atoms with Gasteiger partial charge in [-0.05, 0) is 48.9 Å². The number of benzene rings is 2. The molecule has 1 aliphatic heterocycles. The fourth-order valence-corrected chi connectivity index (χ4v) is 6.09. The number of allylic oxidation sites excluding steroid dienone is 2. The van der Waals surface area contributed by atoms with Crippen LogP contribution < -0.4 is 20.3 Å². The first-order chi connectivity index (χ1) is 18.2. The normalized spacial score (nSPS) is 17.9. The van der Waals surface area contributed by atoms with E-state index in [0.717, 1.165) is 16.8 Å². The lowest BCUT2D eigenvalue weighted by molar-refractivity contribution is -0.118. The van der Waals surface area contributed by atoms with E-state index in [1.54, 1.807) is 7.11 Å². The molecule has 1 atom stereocenters. The topological polar surface area (TPSA) is 93.3 Å². The lowest BCUT2D eigenvalue weighted by Gasteiger charge is -2.38. The molecule has 0 saturated carbocycles. The van der Waals surface area contributed by atoms with Crippen LogP contribution in [0.5, 0.6) is 11.5 Å². The maximum Gasteiger partial charge on any atom is 0.257 e. The van der Waals surface area contributed by atoms with Gasteiger partial charge < -0.3 is 19.8 Å². The van der Waals surface area contributed by atoms with Gasteiger partial charge in [-0.1, -0.05) is 61.5 Å². The second kappa shape index (κ2) is 10.3. The average molecular weight is 532 g/mol. The molecule has 0 fully saturated rings. The van der Waals surface area contributed by atoms with Crippen LogP contribution in [0.25, 0.3) is 0 Å². The van der Waals surface area contributed by atoms with Crippen molar-refractivity contribution >= 4 is 23.4 Å². The molecular weight excluding hydrogens is 498 g/mol. The molecule has 0 radical (unpaired) electrons. The minimum Gasteiger partial charge on any atom is -0.493 e. The molecule has 2 heterocycles. The molecular formula is C30H33N3O4S. The number of ether oxygens (including phenoxy) is 2. The molecule has 5 rings (SSSR count). The van der Waals surface area contributed by atoms with Gasteiger partial charge in [-0.3, -0.25) is 9.59 Å². The average Bonchev–Trinajstić information content (AvgIpc) is 2.87. The van der Waals surface area contributed by atoms with Gasteiger partial charge in [0.05, 0.1) is 19.3 Å². The summed E-state index contributed by atoms with van der Waals surface area (Å²) in [6.07, 6.45) is 1.11. The Hall–Kier alpha value is -3.52. The van der Waals surface area contributed by atoms with Gasteiger partial charge in [0.15, 0.2) is 22.4 Å². The molecule has 2 aromatic carbocycles. The Bertz CT molecular complexity index is 1470. The van der Waals surface area contributed by atoms with Crippen molar-refractivity contribution in [3.8, 4) is 11.5 Å². The Morgan fingerprint density at radius 1 is 1.08 bits per heavy atom. The Labute approximate surface area is 227 Å². The van der Waals surface area contributed by atoms with Crippen LogP contribution in [-0.2, 0) is 10.5 Å². The molecule has 38 heavy (non-hydrogen) atoms. The van der Waals surface area contributed by atoms with Crippen LogP contribution in [0, 0.1) is 12.3 Å². The Morgan fingerprint density at radius 3 is 2.55 bits per heavy atom. The number of Topliss-reactive ketones (excluding diaryl/α,β-unsaturated/α-hetero) is 1. The summed E-state index contributed by atoms with van der Waals surface area (Å²) in [5.74, 6) is 1.85. The number of nitrogens with zero attached hydrogens (tertiary/aromatic N) is 1. The number of aryl methyl sites for hydroxylation is 1. The van der Waals surface area contributed by atoms with E-state index >= 15 is 0 Å². The lowest BCUT2D eigenvalue weighted by Crippen LogP contribution is -2.37.